The Bertz CT molecular complexity index is 778. The number of carboxylic acid groups (broad SMARTS) is 1. The number of nitrogens with one attached hydrogen (secondary N) is 2. The number of aliphatic carboxylic acids is 1. The van der Waals surface area contributed by atoms with E-state index < -0.39 is 5.97 Å². The number of hydrogen-bond donors (Lipinski definition) is 3. The highest BCUT2D eigenvalue weighted by atomic mass is 32.2. The van der Waals surface area contributed by atoms with Crippen molar-refractivity contribution in [1.29, 1.82) is 0 Å². The van der Waals surface area contributed by atoms with E-state index in [0.717, 1.165) is 4.90 Å². The predicted molar refractivity (Wildman–Crippen MR) is 106 cm³/mol. The fourth-order valence-electron chi connectivity index (χ4n) is 2.30. The minimum atomic E-state index is -0.966. The van der Waals surface area contributed by atoms with E-state index in [4.69, 9.17) is 5.11 Å². The number of amides is 2. The van der Waals surface area contributed by atoms with E-state index in [1.165, 1.54) is 11.8 Å². The van der Waals surface area contributed by atoms with Crippen LogP contribution < -0.4 is 10.6 Å². The average molecular weight is 386 g/mol. The van der Waals surface area contributed by atoms with Crippen molar-refractivity contribution in [2.45, 2.75) is 29.9 Å². The molecule has 0 spiro atoms. The van der Waals surface area contributed by atoms with Gasteiger partial charge in [-0.1, -0.05) is 25.1 Å². The molecule has 0 saturated carbocycles. The van der Waals surface area contributed by atoms with Gasteiger partial charge in [0, 0.05) is 22.7 Å². The number of anilines is 1. The van der Waals surface area contributed by atoms with Crippen molar-refractivity contribution in [2.75, 3.05) is 11.9 Å². The maximum atomic E-state index is 12.5. The van der Waals surface area contributed by atoms with E-state index in [-0.39, 0.29) is 30.0 Å². The van der Waals surface area contributed by atoms with Gasteiger partial charge in [-0.3, -0.25) is 14.4 Å². The van der Waals surface area contributed by atoms with E-state index in [2.05, 4.69) is 10.6 Å². The van der Waals surface area contributed by atoms with Crippen molar-refractivity contribution in [3.63, 3.8) is 0 Å². The molecule has 2 rings (SSSR count). The third-order valence-electron chi connectivity index (χ3n) is 3.72. The molecule has 6 nitrogen and oxygen atoms in total. The number of thioether (sulfide) groups is 1. The Morgan fingerprint density at radius 1 is 1.04 bits per heavy atom. The van der Waals surface area contributed by atoms with E-state index in [9.17, 15) is 14.4 Å². The van der Waals surface area contributed by atoms with Gasteiger partial charge in [0.25, 0.3) is 5.91 Å². The van der Waals surface area contributed by atoms with Crippen LogP contribution in [0.1, 0.15) is 30.1 Å². The first kappa shape index (κ1) is 20.5. The summed E-state index contributed by atoms with van der Waals surface area (Å²) in [6.07, 6.45) is 0.562. The third kappa shape index (κ3) is 6.79. The molecule has 7 heteroatoms. The van der Waals surface area contributed by atoms with Crippen LogP contribution in [0.15, 0.2) is 59.5 Å². The second kappa shape index (κ2) is 10.4. The minimum Gasteiger partial charge on any atom is -0.481 e. The van der Waals surface area contributed by atoms with Gasteiger partial charge in [0.1, 0.15) is 0 Å². The molecule has 27 heavy (non-hydrogen) atoms. The molecule has 0 aliphatic carbocycles. The monoisotopic (exact) mass is 386 g/mol. The van der Waals surface area contributed by atoms with E-state index in [0.29, 0.717) is 17.7 Å². The number of carbonyl (C=O) groups is 3. The van der Waals surface area contributed by atoms with Gasteiger partial charge < -0.3 is 15.7 Å². The van der Waals surface area contributed by atoms with E-state index in [1.807, 2.05) is 37.3 Å². The fraction of sp³-hybridized carbons (Fsp3) is 0.250. The lowest BCUT2D eigenvalue weighted by Crippen LogP contribution is -2.26. The molecule has 142 valence electrons. The van der Waals surface area contributed by atoms with Crippen LogP contribution in [-0.2, 0) is 9.59 Å². The minimum absolute atomic E-state index is 0.0710. The molecule has 2 aromatic carbocycles. The van der Waals surface area contributed by atoms with Gasteiger partial charge in [0.15, 0.2) is 0 Å². The summed E-state index contributed by atoms with van der Waals surface area (Å²) in [5.41, 5.74) is 1.01. The SMILES string of the molecule is CCC(Sc1ccccc1)C(=O)Nc1ccc(C(=O)NCCC(=O)O)cc1. The van der Waals surface area contributed by atoms with Crippen LogP contribution in [-0.4, -0.2) is 34.7 Å². The second-order valence-electron chi connectivity index (χ2n) is 5.79. The van der Waals surface area contributed by atoms with Crippen LogP contribution in [0.3, 0.4) is 0 Å². The summed E-state index contributed by atoms with van der Waals surface area (Å²) in [6, 6.07) is 16.3. The quantitative estimate of drug-likeness (QED) is 0.574. The molecule has 2 amide bonds. The second-order valence-corrected chi connectivity index (χ2v) is 7.07. The number of carboxylic acids is 1. The van der Waals surface area contributed by atoms with Crippen molar-refractivity contribution in [1.82, 2.24) is 5.32 Å². The summed E-state index contributed by atoms with van der Waals surface area (Å²) in [4.78, 5) is 35.9. The third-order valence-corrected chi connectivity index (χ3v) is 5.10. The van der Waals surface area contributed by atoms with Gasteiger partial charge in [0.05, 0.1) is 11.7 Å². The highest BCUT2D eigenvalue weighted by molar-refractivity contribution is 8.00. The Balaban J connectivity index is 1.91. The molecule has 2 aromatic rings. The number of rotatable bonds is 9. The summed E-state index contributed by atoms with van der Waals surface area (Å²) in [6.45, 7) is 2.03. The van der Waals surface area contributed by atoms with Crippen molar-refractivity contribution in [2.24, 2.45) is 0 Å². The lowest BCUT2D eigenvalue weighted by atomic mass is 10.2. The van der Waals surface area contributed by atoms with Crippen molar-refractivity contribution < 1.29 is 19.5 Å². The molecule has 0 fully saturated rings. The molecule has 1 unspecified atom stereocenters. The number of hydrogen-bond acceptors (Lipinski definition) is 4. The number of benzene rings is 2. The molecule has 0 aliphatic heterocycles. The Morgan fingerprint density at radius 2 is 1.70 bits per heavy atom. The van der Waals surface area contributed by atoms with Crippen LogP contribution in [0.4, 0.5) is 5.69 Å². The molecule has 1 atom stereocenters. The van der Waals surface area contributed by atoms with Gasteiger partial charge in [-0.2, -0.15) is 0 Å². The molecule has 0 aliphatic rings. The van der Waals surface area contributed by atoms with Crippen molar-refractivity contribution in [3.8, 4) is 0 Å². The van der Waals surface area contributed by atoms with E-state index in [1.54, 1.807) is 24.3 Å². The summed E-state index contributed by atoms with van der Waals surface area (Å²) in [5, 5.41) is 13.8. The maximum absolute atomic E-state index is 12.5. The Hall–Kier alpha value is -2.80. The topological polar surface area (TPSA) is 95.5 Å². The molecule has 0 heterocycles. The fourth-order valence-corrected chi connectivity index (χ4v) is 3.27. The zero-order valence-electron chi connectivity index (χ0n) is 15.0. The maximum Gasteiger partial charge on any atom is 0.305 e. The van der Waals surface area contributed by atoms with Gasteiger partial charge in [-0.25, -0.2) is 0 Å². The first-order valence-corrected chi connectivity index (χ1v) is 9.50. The molecule has 0 aromatic heterocycles. The highest BCUT2D eigenvalue weighted by Crippen LogP contribution is 2.26. The summed E-state index contributed by atoms with van der Waals surface area (Å²) >= 11 is 1.51. The largest absolute Gasteiger partial charge is 0.481 e. The van der Waals surface area contributed by atoms with Crippen LogP contribution in [0.5, 0.6) is 0 Å². The van der Waals surface area contributed by atoms with Gasteiger partial charge in [0.2, 0.25) is 5.91 Å². The van der Waals surface area contributed by atoms with Crippen LogP contribution in [0.25, 0.3) is 0 Å². The predicted octanol–water partition coefficient (Wildman–Crippen LogP) is 3.40. The van der Waals surface area contributed by atoms with Crippen LogP contribution in [0.2, 0.25) is 0 Å². The molecule has 0 bridgehead atoms. The highest BCUT2D eigenvalue weighted by Gasteiger charge is 2.18. The Kier molecular flexibility index (Phi) is 7.88. The van der Waals surface area contributed by atoms with Crippen LogP contribution >= 0.6 is 11.8 Å². The standard InChI is InChI=1S/C20H22N2O4S/c1-2-17(27-16-6-4-3-5-7-16)20(26)22-15-10-8-14(9-11-15)19(25)21-13-12-18(23)24/h3-11,17H,2,12-13H2,1H3,(H,21,25)(H,22,26)(H,23,24). The Labute approximate surface area is 162 Å². The number of carbonyl (C=O) groups excluding carboxylic acids is 2. The smallest absolute Gasteiger partial charge is 0.305 e. The van der Waals surface area contributed by atoms with Gasteiger partial charge in [-0.05, 0) is 42.8 Å². The molecule has 0 saturated heterocycles. The lowest BCUT2D eigenvalue weighted by molar-refractivity contribution is -0.136. The Morgan fingerprint density at radius 3 is 2.30 bits per heavy atom. The summed E-state index contributed by atoms with van der Waals surface area (Å²) in [5.74, 6) is -1.41. The average Bonchev–Trinajstić information content (AvgIpc) is 2.67. The summed E-state index contributed by atoms with van der Waals surface area (Å²) < 4.78 is 0. The molecule has 3 N–H and O–H groups in total. The summed E-state index contributed by atoms with van der Waals surface area (Å²) in [7, 11) is 0. The first-order valence-electron chi connectivity index (χ1n) is 8.62. The molecular weight excluding hydrogens is 364 g/mol. The zero-order valence-corrected chi connectivity index (χ0v) is 15.8. The van der Waals surface area contributed by atoms with E-state index >= 15 is 0 Å². The molecule has 0 radical (unpaired) electrons. The van der Waals surface area contributed by atoms with Gasteiger partial charge >= 0.3 is 5.97 Å². The first-order chi connectivity index (χ1) is 13.0. The normalized spacial score (nSPS) is 11.4. The molecular formula is C20H22N2O4S. The van der Waals surface area contributed by atoms with Gasteiger partial charge in [-0.15, -0.1) is 11.8 Å². The zero-order chi connectivity index (χ0) is 19.6. The lowest BCUT2D eigenvalue weighted by Gasteiger charge is -2.15. The van der Waals surface area contributed by atoms with Crippen LogP contribution in [0, 0.1) is 0 Å². The van der Waals surface area contributed by atoms with Crippen molar-refractivity contribution >= 4 is 35.2 Å². The van der Waals surface area contributed by atoms with Crippen molar-refractivity contribution in [3.05, 3.63) is 60.2 Å².